The third-order valence-corrected chi connectivity index (χ3v) is 1.93. The smallest absolute Gasteiger partial charge is 0.307 e. The van der Waals surface area contributed by atoms with Gasteiger partial charge in [-0.15, -0.1) is 0 Å². The maximum Gasteiger partial charge on any atom is 0.454 e. The van der Waals surface area contributed by atoms with E-state index in [0.29, 0.717) is 5.56 Å². The van der Waals surface area contributed by atoms with Crippen molar-refractivity contribution in [2.24, 2.45) is 0 Å². The third-order valence-electron chi connectivity index (χ3n) is 1.93. The molecule has 1 rings (SSSR count). The number of rotatable bonds is 4. The largest absolute Gasteiger partial charge is 0.454 e. The molecule has 0 bridgehead atoms. The van der Waals surface area contributed by atoms with Crippen molar-refractivity contribution >= 4 is 0 Å². The normalized spacial score (nSPS) is 12.8. The number of hydrogen-bond donors (Lipinski definition) is 1. The summed E-state index contributed by atoms with van der Waals surface area (Å²) in [6.07, 6.45) is -5.50. The summed E-state index contributed by atoms with van der Waals surface area (Å²) in [7, 11) is 0. The highest BCUT2D eigenvalue weighted by atomic mass is 19.4. The Morgan fingerprint density at radius 2 is 1.50 bits per heavy atom. The van der Waals surface area contributed by atoms with E-state index < -0.39 is 18.6 Å². The molecule has 0 unspecified atom stereocenters. The zero-order valence-corrected chi connectivity index (χ0v) is 8.19. The van der Waals surface area contributed by atoms with Gasteiger partial charge in [-0.05, 0) is 5.56 Å². The van der Waals surface area contributed by atoms with Crippen molar-refractivity contribution in [1.82, 2.24) is 5.32 Å². The van der Waals surface area contributed by atoms with Crippen LogP contribution >= 0.6 is 0 Å². The minimum Gasteiger partial charge on any atom is -0.307 e. The fourth-order valence-electron chi connectivity index (χ4n) is 1.06. The molecular weight excluding hydrogens is 229 g/mol. The van der Waals surface area contributed by atoms with Crippen molar-refractivity contribution in [3.05, 3.63) is 35.9 Å². The SMILES string of the molecule is FC(F)(F)C(F)(F)CNCc1ccccc1. The standard InChI is InChI=1S/C10H10F5N/c11-9(12,10(13,14)15)7-16-6-8-4-2-1-3-5-8/h1-5,16H,6-7H2. The van der Waals surface area contributed by atoms with E-state index >= 15 is 0 Å². The maximum absolute atomic E-state index is 12.4. The quantitative estimate of drug-likeness (QED) is 0.796. The average Bonchev–Trinajstić information content (AvgIpc) is 2.17. The molecule has 0 atom stereocenters. The lowest BCUT2D eigenvalue weighted by molar-refractivity contribution is -0.279. The molecule has 0 amide bonds. The van der Waals surface area contributed by atoms with E-state index in [0.717, 1.165) is 0 Å². The van der Waals surface area contributed by atoms with Crippen LogP contribution in [-0.2, 0) is 6.54 Å². The van der Waals surface area contributed by atoms with Crippen LogP contribution in [0.2, 0.25) is 0 Å². The number of alkyl halides is 5. The van der Waals surface area contributed by atoms with Gasteiger partial charge < -0.3 is 5.32 Å². The molecule has 0 aliphatic rings. The minimum absolute atomic E-state index is 0.0213. The van der Waals surface area contributed by atoms with Crippen molar-refractivity contribution in [2.75, 3.05) is 6.54 Å². The highest BCUT2D eigenvalue weighted by Crippen LogP contribution is 2.34. The van der Waals surface area contributed by atoms with Gasteiger partial charge in [-0.3, -0.25) is 0 Å². The van der Waals surface area contributed by atoms with Crippen LogP contribution in [0.25, 0.3) is 0 Å². The summed E-state index contributed by atoms with van der Waals surface area (Å²) in [6.45, 7) is -1.43. The lowest BCUT2D eigenvalue weighted by Crippen LogP contribution is -2.45. The second kappa shape index (κ2) is 4.78. The molecule has 0 saturated heterocycles. The zero-order valence-electron chi connectivity index (χ0n) is 8.19. The van der Waals surface area contributed by atoms with Crippen molar-refractivity contribution in [2.45, 2.75) is 18.6 Å². The van der Waals surface area contributed by atoms with Crippen LogP contribution < -0.4 is 5.32 Å². The maximum atomic E-state index is 12.4. The van der Waals surface area contributed by atoms with Gasteiger partial charge in [-0.25, -0.2) is 0 Å². The van der Waals surface area contributed by atoms with Crippen molar-refractivity contribution in [1.29, 1.82) is 0 Å². The van der Waals surface area contributed by atoms with Gasteiger partial charge in [0.2, 0.25) is 0 Å². The van der Waals surface area contributed by atoms with Crippen LogP contribution in [0.15, 0.2) is 30.3 Å². The van der Waals surface area contributed by atoms with Gasteiger partial charge in [0.05, 0.1) is 6.54 Å². The number of hydrogen-bond acceptors (Lipinski definition) is 1. The topological polar surface area (TPSA) is 12.0 Å². The highest BCUT2D eigenvalue weighted by Gasteiger charge is 2.56. The van der Waals surface area contributed by atoms with Gasteiger partial charge in [0.15, 0.2) is 0 Å². The van der Waals surface area contributed by atoms with E-state index in [1.165, 1.54) is 0 Å². The van der Waals surface area contributed by atoms with Crippen molar-refractivity contribution < 1.29 is 22.0 Å². The molecule has 0 saturated carbocycles. The van der Waals surface area contributed by atoms with Gasteiger partial charge in [-0.1, -0.05) is 30.3 Å². The lowest BCUT2D eigenvalue weighted by atomic mass is 10.2. The van der Waals surface area contributed by atoms with E-state index in [4.69, 9.17) is 0 Å². The number of benzene rings is 1. The Balaban J connectivity index is 2.42. The molecule has 0 radical (unpaired) electrons. The Bertz CT molecular complexity index is 320. The molecule has 1 aromatic carbocycles. The van der Waals surface area contributed by atoms with E-state index in [9.17, 15) is 22.0 Å². The number of halogens is 5. The molecule has 0 aromatic heterocycles. The predicted octanol–water partition coefficient (Wildman–Crippen LogP) is 2.97. The molecular formula is C10H10F5N. The molecule has 0 spiro atoms. The van der Waals surface area contributed by atoms with Crippen LogP contribution in [0.4, 0.5) is 22.0 Å². The predicted molar refractivity (Wildman–Crippen MR) is 49.2 cm³/mol. The molecule has 0 fully saturated rings. The fourth-order valence-corrected chi connectivity index (χ4v) is 1.06. The molecule has 1 nitrogen and oxygen atoms in total. The summed E-state index contributed by atoms with van der Waals surface area (Å²) in [5, 5.41) is 2.08. The molecule has 1 aromatic rings. The summed E-state index contributed by atoms with van der Waals surface area (Å²) in [5.41, 5.74) is 0.653. The Labute approximate surface area is 89.3 Å². The van der Waals surface area contributed by atoms with Gasteiger partial charge in [0.25, 0.3) is 0 Å². The Morgan fingerprint density at radius 3 is 2.00 bits per heavy atom. The third kappa shape index (κ3) is 3.44. The van der Waals surface area contributed by atoms with Gasteiger partial charge in [0, 0.05) is 6.54 Å². The first-order valence-corrected chi connectivity index (χ1v) is 4.52. The summed E-state index contributed by atoms with van der Waals surface area (Å²) in [5.74, 6) is -4.69. The molecule has 16 heavy (non-hydrogen) atoms. The molecule has 0 aliphatic heterocycles. The minimum atomic E-state index is -5.50. The first-order chi connectivity index (χ1) is 7.33. The van der Waals surface area contributed by atoms with Crippen LogP contribution in [0.3, 0.4) is 0 Å². The zero-order chi connectivity index (χ0) is 12.2. The average molecular weight is 239 g/mol. The van der Waals surface area contributed by atoms with Gasteiger partial charge in [0.1, 0.15) is 0 Å². The van der Waals surface area contributed by atoms with Crippen LogP contribution in [0.1, 0.15) is 5.56 Å². The summed E-state index contributed by atoms with van der Waals surface area (Å²) in [4.78, 5) is 0. The fraction of sp³-hybridized carbons (Fsp3) is 0.400. The lowest BCUT2D eigenvalue weighted by Gasteiger charge is -2.19. The van der Waals surface area contributed by atoms with E-state index in [-0.39, 0.29) is 6.54 Å². The van der Waals surface area contributed by atoms with Gasteiger partial charge >= 0.3 is 12.1 Å². The van der Waals surface area contributed by atoms with Crippen LogP contribution in [-0.4, -0.2) is 18.6 Å². The van der Waals surface area contributed by atoms with E-state index in [1.54, 1.807) is 30.3 Å². The second-order valence-electron chi connectivity index (χ2n) is 3.29. The summed E-state index contributed by atoms with van der Waals surface area (Å²) < 4.78 is 60.2. The summed E-state index contributed by atoms with van der Waals surface area (Å²) >= 11 is 0. The molecule has 0 heterocycles. The first-order valence-electron chi connectivity index (χ1n) is 4.52. The Kier molecular flexibility index (Phi) is 3.85. The molecule has 1 N–H and O–H groups in total. The first kappa shape index (κ1) is 12.9. The molecule has 6 heteroatoms. The van der Waals surface area contributed by atoms with Crippen molar-refractivity contribution in [3.8, 4) is 0 Å². The highest BCUT2D eigenvalue weighted by molar-refractivity contribution is 5.14. The molecule has 90 valence electrons. The number of nitrogens with one attached hydrogen (secondary N) is 1. The van der Waals surface area contributed by atoms with E-state index in [2.05, 4.69) is 5.32 Å². The van der Waals surface area contributed by atoms with Crippen LogP contribution in [0, 0.1) is 0 Å². The Hall–Kier alpha value is -1.17. The van der Waals surface area contributed by atoms with Gasteiger partial charge in [-0.2, -0.15) is 22.0 Å². The van der Waals surface area contributed by atoms with Crippen LogP contribution in [0.5, 0.6) is 0 Å². The monoisotopic (exact) mass is 239 g/mol. The Morgan fingerprint density at radius 1 is 0.938 bits per heavy atom. The summed E-state index contributed by atoms with van der Waals surface area (Å²) in [6, 6.07) is 8.36. The van der Waals surface area contributed by atoms with Crippen molar-refractivity contribution in [3.63, 3.8) is 0 Å². The van der Waals surface area contributed by atoms with E-state index in [1.807, 2.05) is 0 Å². The molecule has 0 aliphatic carbocycles. The second-order valence-corrected chi connectivity index (χ2v) is 3.29.